The van der Waals surface area contributed by atoms with Gasteiger partial charge in [-0.1, -0.05) is 48.5 Å². The van der Waals surface area contributed by atoms with E-state index >= 15 is 0 Å². The Kier molecular flexibility index (Phi) is 8.24. The monoisotopic (exact) mass is 526 g/mol. The van der Waals surface area contributed by atoms with Crippen LogP contribution in [0.1, 0.15) is 65.2 Å². The molecule has 3 fully saturated rings. The van der Waals surface area contributed by atoms with Gasteiger partial charge in [0.15, 0.2) is 5.78 Å². The van der Waals surface area contributed by atoms with Gasteiger partial charge in [0.25, 0.3) is 5.91 Å². The number of anilines is 1. The van der Waals surface area contributed by atoms with Crippen molar-refractivity contribution in [3.05, 3.63) is 29.8 Å². The molecule has 0 unspecified atom stereocenters. The van der Waals surface area contributed by atoms with Crippen molar-refractivity contribution in [2.75, 3.05) is 50.8 Å². The molecule has 3 aliphatic rings. The Morgan fingerprint density at radius 2 is 1.66 bits per heavy atom. The fraction of sp³-hybridized carbons (Fsp3) is 0.700. The molecule has 0 aliphatic carbocycles. The van der Waals surface area contributed by atoms with Gasteiger partial charge in [-0.2, -0.15) is 0 Å². The molecule has 3 saturated heterocycles. The van der Waals surface area contributed by atoms with Crippen LogP contribution >= 0.6 is 0 Å². The molecule has 4 rings (SSSR count). The highest BCUT2D eigenvalue weighted by Crippen LogP contribution is 2.42. The largest absolute Gasteiger partial charge is 0.369 e. The van der Waals surface area contributed by atoms with Crippen LogP contribution in [0.15, 0.2) is 24.3 Å². The zero-order chi connectivity index (χ0) is 27.8. The first-order valence-corrected chi connectivity index (χ1v) is 14.1. The second-order valence-electron chi connectivity index (χ2n) is 13.4. The van der Waals surface area contributed by atoms with Gasteiger partial charge in [-0.25, -0.2) is 0 Å². The van der Waals surface area contributed by atoms with Crippen LogP contribution in [-0.2, 0) is 14.3 Å². The van der Waals surface area contributed by atoms with E-state index in [0.717, 1.165) is 38.4 Å². The minimum atomic E-state index is -0.725. The third kappa shape index (κ3) is 6.23. The maximum absolute atomic E-state index is 14.0. The molecule has 3 heterocycles. The molecular weight excluding hydrogens is 480 g/mol. The molecule has 0 radical (unpaired) electrons. The van der Waals surface area contributed by atoms with Crippen LogP contribution in [0.5, 0.6) is 0 Å². The molecule has 210 valence electrons. The number of nitrogens with zero attached hydrogens (tertiary/aromatic N) is 3. The van der Waals surface area contributed by atoms with E-state index in [9.17, 15) is 14.4 Å². The van der Waals surface area contributed by atoms with E-state index in [1.165, 1.54) is 0 Å². The molecule has 2 amide bonds. The Morgan fingerprint density at radius 1 is 1.03 bits per heavy atom. The van der Waals surface area contributed by atoms with Crippen LogP contribution < -0.4 is 10.2 Å². The van der Waals surface area contributed by atoms with Crippen molar-refractivity contribution < 1.29 is 19.1 Å². The molecule has 8 heteroatoms. The number of Topliss-reactive ketones (excluding diaryl/α,β-unsaturated/α-hetero) is 1. The molecule has 38 heavy (non-hydrogen) atoms. The van der Waals surface area contributed by atoms with E-state index in [2.05, 4.69) is 63.6 Å². The number of piperazine rings is 1. The molecule has 0 bridgehead atoms. The minimum absolute atomic E-state index is 0.0435. The number of carbonyl (C=O) groups is 3. The Bertz CT molecular complexity index is 1020. The van der Waals surface area contributed by atoms with Crippen LogP contribution in [0.25, 0.3) is 0 Å². The van der Waals surface area contributed by atoms with Gasteiger partial charge in [0.1, 0.15) is 18.7 Å². The fourth-order valence-corrected chi connectivity index (χ4v) is 6.05. The predicted molar refractivity (Wildman–Crippen MR) is 149 cm³/mol. The first kappa shape index (κ1) is 28.6. The lowest BCUT2D eigenvalue weighted by Crippen LogP contribution is -2.53. The average Bonchev–Trinajstić information content (AvgIpc) is 3.43. The van der Waals surface area contributed by atoms with Crippen molar-refractivity contribution in [1.29, 1.82) is 0 Å². The molecule has 0 spiro atoms. The van der Waals surface area contributed by atoms with Crippen LogP contribution in [-0.4, -0.2) is 91.5 Å². The molecular formula is C30H46N4O4. The summed E-state index contributed by atoms with van der Waals surface area (Å²) in [6.45, 7) is 20.3. The number of hydrogen-bond donors (Lipinski definition) is 1. The molecule has 0 saturated carbocycles. The number of amides is 2. The SMILES string of the molecule is CCN1CCN(c2ccc(C(=O)N[C@@H](CC(C)(C)C)C(=O)N3C[C@H](C(C)(C)C)[C@H]4OCC(=O)[C@H]43)cc2)CC1. The summed E-state index contributed by atoms with van der Waals surface area (Å²) in [5.74, 6) is -0.460. The zero-order valence-corrected chi connectivity index (χ0v) is 24.3. The van der Waals surface area contributed by atoms with Crippen molar-refractivity contribution in [2.24, 2.45) is 16.7 Å². The number of rotatable bonds is 6. The molecule has 1 aromatic rings. The molecule has 4 atom stereocenters. The van der Waals surface area contributed by atoms with Crippen LogP contribution in [0, 0.1) is 16.7 Å². The van der Waals surface area contributed by atoms with Crippen LogP contribution in [0.3, 0.4) is 0 Å². The van der Waals surface area contributed by atoms with Crippen LogP contribution in [0.2, 0.25) is 0 Å². The maximum atomic E-state index is 14.0. The van der Waals surface area contributed by atoms with E-state index < -0.39 is 12.1 Å². The second-order valence-corrected chi connectivity index (χ2v) is 13.4. The van der Waals surface area contributed by atoms with Gasteiger partial charge in [-0.3, -0.25) is 14.4 Å². The number of carbonyl (C=O) groups excluding carboxylic acids is 3. The highest BCUT2D eigenvalue weighted by Gasteiger charge is 2.56. The van der Waals surface area contributed by atoms with E-state index in [1.54, 1.807) is 4.90 Å². The first-order valence-electron chi connectivity index (χ1n) is 14.1. The van der Waals surface area contributed by atoms with Crippen molar-refractivity contribution in [3.8, 4) is 0 Å². The van der Waals surface area contributed by atoms with E-state index in [4.69, 9.17) is 4.74 Å². The Hall–Kier alpha value is -2.45. The van der Waals surface area contributed by atoms with Gasteiger partial charge in [-0.15, -0.1) is 0 Å². The van der Waals surface area contributed by atoms with E-state index in [1.807, 2.05) is 24.3 Å². The quantitative estimate of drug-likeness (QED) is 0.613. The molecule has 0 aromatic heterocycles. The lowest BCUT2D eigenvalue weighted by Gasteiger charge is -2.35. The third-order valence-electron chi connectivity index (χ3n) is 8.31. The maximum Gasteiger partial charge on any atom is 0.251 e. The summed E-state index contributed by atoms with van der Waals surface area (Å²) in [5.41, 5.74) is 1.32. The summed E-state index contributed by atoms with van der Waals surface area (Å²) in [7, 11) is 0. The number of hydrogen-bond acceptors (Lipinski definition) is 6. The summed E-state index contributed by atoms with van der Waals surface area (Å²) >= 11 is 0. The summed E-state index contributed by atoms with van der Waals surface area (Å²) in [6.07, 6.45) is 0.185. The average molecular weight is 527 g/mol. The highest BCUT2D eigenvalue weighted by atomic mass is 16.5. The van der Waals surface area contributed by atoms with E-state index in [-0.39, 0.29) is 47.1 Å². The van der Waals surface area contributed by atoms with Crippen molar-refractivity contribution in [2.45, 2.75) is 73.1 Å². The second kappa shape index (κ2) is 11.0. The first-order chi connectivity index (χ1) is 17.8. The standard InChI is InChI=1S/C30H46N4O4/c1-8-32-13-15-33(16-14-32)21-11-9-20(10-12-21)27(36)31-23(17-29(2,3)4)28(37)34-18-22(30(5,6)7)26-25(34)24(35)19-38-26/h9-12,22-23,25-26H,8,13-19H2,1-7H3,(H,31,36)/t22-,23-,25+,26+/m0/s1. The third-order valence-corrected chi connectivity index (χ3v) is 8.31. The van der Waals surface area contributed by atoms with Gasteiger partial charge in [-0.05, 0) is 48.1 Å². The summed E-state index contributed by atoms with van der Waals surface area (Å²) in [5, 5.41) is 3.02. The van der Waals surface area contributed by atoms with Crippen molar-refractivity contribution in [3.63, 3.8) is 0 Å². The van der Waals surface area contributed by atoms with Crippen molar-refractivity contribution >= 4 is 23.3 Å². The van der Waals surface area contributed by atoms with Gasteiger partial charge < -0.3 is 24.8 Å². The zero-order valence-electron chi connectivity index (χ0n) is 24.3. The number of nitrogens with one attached hydrogen (secondary N) is 1. The Balaban J connectivity index is 1.49. The fourth-order valence-electron chi connectivity index (χ4n) is 6.05. The van der Waals surface area contributed by atoms with Gasteiger partial charge in [0.05, 0.1) is 6.10 Å². The predicted octanol–water partition coefficient (Wildman–Crippen LogP) is 3.20. The Labute approximate surface area is 228 Å². The normalized spacial score (nSPS) is 25.4. The number of ether oxygens (including phenoxy) is 1. The minimum Gasteiger partial charge on any atom is -0.369 e. The number of likely N-dealkylation sites (tertiary alicyclic amines) is 1. The lowest BCUT2D eigenvalue weighted by molar-refractivity contribution is -0.138. The molecule has 3 aliphatic heterocycles. The highest BCUT2D eigenvalue weighted by molar-refractivity contribution is 5.99. The van der Waals surface area contributed by atoms with Gasteiger partial charge >= 0.3 is 0 Å². The summed E-state index contributed by atoms with van der Waals surface area (Å²) < 4.78 is 5.88. The van der Waals surface area contributed by atoms with Crippen LogP contribution in [0.4, 0.5) is 5.69 Å². The summed E-state index contributed by atoms with van der Waals surface area (Å²) in [6, 6.07) is 6.36. The molecule has 1 N–H and O–H groups in total. The topological polar surface area (TPSA) is 82.2 Å². The number of likely N-dealkylation sites (N-methyl/N-ethyl adjacent to an activating group) is 1. The van der Waals surface area contributed by atoms with Crippen molar-refractivity contribution in [1.82, 2.24) is 15.1 Å². The molecule has 1 aromatic carbocycles. The van der Waals surface area contributed by atoms with Gasteiger partial charge in [0.2, 0.25) is 5.91 Å². The van der Waals surface area contributed by atoms with E-state index in [0.29, 0.717) is 18.5 Å². The molecule has 8 nitrogen and oxygen atoms in total. The Morgan fingerprint density at radius 3 is 2.21 bits per heavy atom. The smallest absolute Gasteiger partial charge is 0.251 e. The number of fused-ring (bicyclic) bond motifs is 1. The van der Waals surface area contributed by atoms with Gasteiger partial charge in [0, 0.05) is 49.9 Å². The number of ketones is 1. The summed E-state index contributed by atoms with van der Waals surface area (Å²) in [4.78, 5) is 46.5. The lowest BCUT2D eigenvalue weighted by atomic mass is 9.78. The number of benzene rings is 1.